The molecule has 2 aromatic rings. The van der Waals surface area contributed by atoms with E-state index in [4.69, 9.17) is 0 Å². The fraction of sp³-hybridized carbons (Fsp3) is 0.0833. The van der Waals surface area contributed by atoms with Crippen molar-refractivity contribution in [3.05, 3.63) is 52.6 Å². The molecule has 1 aromatic heterocycles. The van der Waals surface area contributed by atoms with Crippen LogP contribution in [0.3, 0.4) is 0 Å². The van der Waals surface area contributed by atoms with Gasteiger partial charge in [-0.1, -0.05) is 22.0 Å². The van der Waals surface area contributed by atoms with Crippen molar-refractivity contribution in [3.8, 4) is 0 Å². The van der Waals surface area contributed by atoms with Gasteiger partial charge in [-0.2, -0.15) is 0 Å². The van der Waals surface area contributed by atoms with Crippen LogP contribution < -0.4 is 4.72 Å². The van der Waals surface area contributed by atoms with Crippen LogP contribution in [0.2, 0.25) is 0 Å². The van der Waals surface area contributed by atoms with Crippen molar-refractivity contribution in [1.82, 2.24) is 4.98 Å². The Morgan fingerprint density at radius 3 is 2.33 bits per heavy atom. The molecule has 0 amide bonds. The molecule has 2 rings (SSSR count). The number of hydrogen-bond acceptors (Lipinski definition) is 3. The first-order chi connectivity index (χ1) is 8.47. The molecule has 0 radical (unpaired) electrons. The van der Waals surface area contributed by atoms with Crippen molar-refractivity contribution >= 4 is 31.8 Å². The number of anilines is 1. The lowest BCUT2D eigenvalue weighted by Crippen LogP contribution is -2.13. The van der Waals surface area contributed by atoms with Gasteiger partial charge in [-0.3, -0.25) is 4.72 Å². The van der Waals surface area contributed by atoms with Crippen LogP contribution in [-0.4, -0.2) is 13.4 Å². The van der Waals surface area contributed by atoms with Gasteiger partial charge in [0, 0.05) is 10.7 Å². The van der Waals surface area contributed by atoms with Crippen LogP contribution >= 0.6 is 15.9 Å². The largest absolute Gasteiger partial charge is 0.263 e. The van der Waals surface area contributed by atoms with Crippen molar-refractivity contribution in [2.24, 2.45) is 0 Å². The Morgan fingerprint density at radius 1 is 1.11 bits per heavy atom. The summed E-state index contributed by atoms with van der Waals surface area (Å²) in [4.78, 5) is 4.21. The summed E-state index contributed by atoms with van der Waals surface area (Å²) in [7, 11) is -3.58. The van der Waals surface area contributed by atoms with Crippen LogP contribution in [0.1, 0.15) is 5.56 Å². The number of nitrogens with zero attached hydrogens (tertiary/aromatic N) is 1. The molecule has 0 bridgehead atoms. The van der Waals surface area contributed by atoms with Gasteiger partial charge in [-0.25, -0.2) is 13.4 Å². The molecule has 18 heavy (non-hydrogen) atoms. The predicted octanol–water partition coefficient (Wildman–Crippen LogP) is 2.95. The van der Waals surface area contributed by atoms with Crippen LogP contribution in [0.25, 0.3) is 0 Å². The van der Waals surface area contributed by atoms with Crippen LogP contribution in [0, 0.1) is 6.92 Å². The lowest BCUT2D eigenvalue weighted by molar-refractivity contribution is 0.601. The van der Waals surface area contributed by atoms with E-state index in [1.807, 2.05) is 6.92 Å². The van der Waals surface area contributed by atoms with Gasteiger partial charge in [0.25, 0.3) is 10.0 Å². The smallest absolute Gasteiger partial charge is 0.263 e. The number of aromatic nitrogens is 1. The van der Waals surface area contributed by atoms with Gasteiger partial charge < -0.3 is 0 Å². The Labute approximate surface area is 114 Å². The number of rotatable bonds is 3. The van der Waals surface area contributed by atoms with Crippen molar-refractivity contribution in [1.29, 1.82) is 0 Å². The van der Waals surface area contributed by atoms with E-state index in [2.05, 4.69) is 25.6 Å². The quantitative estimate of drug-likeness (QED) is 0.943. The molecule has 0 spiro atoms. The fourth-order valence-electron chi connectivity index (χ4n) is 1.34. The van der Waals surface area contributed by atoms with Crippen LogP contribution in [0.4, 0.5) is 5.82 Å². The van der Waals surface area contributed by atoms with E-state index in [-0.39, 0.29) is 4.90 Å². The third-order valence-corrected chi connectivity index (χ3v) is 4.17. The van der Waals surface area contributed by atoms with Gasteiger partial charge >= 0.3 is 0 Å². The third kappa shape index (κ3) is 3.08. The molecule has 0 saturated carbocycles. The zero-order valence-electron chi connectivity index (χ0n) is 9.59. The zero-order valence-corrected chi connectivity index (χ0v) is 12.0. The minimum atomic E-state index is -3.58. The zero-order chi connectivity index (χ0) is 13.2. The Hall–Kier alpha value is -1.40. The summed E-state index contributed by atoms with van der Waals surface area (Å²) in [6.07, 6.45) is 1.61. The summed E-state index contributed by atoms with van der Waals surface area (Å²) in [5, 5.41) is 0. The monoisotopic (exact) mass is 326 g/mol. The van der Waals surface area contributed by atoms with E-state index in [9.17, 15) is 8.42 Å². The molecule has 0 unspecified atom stereocenters. The highest BCUT2D eigenvalue weighted by molar-refractivity contribution is 9.10. The molecule has 94 valence electrons. The maximum Gasteiger partial charge on any atom is 0.263 e. The predicted molar refractivity (Wildman–Crippen MR) is 73.9 cm³/mol. The van der Waals surface area contributed by atoms with Gasteiger partial charge in [0.05, 0.1) is 4.90 Å². The Balaban J connectivity index is 2.27. The first-order valence-corrected chi connectivity index (χ1v) is 7.46. The molecule has 0 atom stereocenters. The summed E-state index contributed by atoms with van der Waals surface area (Å²) >= 11 is 3.26. The molecule has 0 aliphatic heterocycles. The van der Waals surface area contributed by atoms with Gasteiger partial charge in [-0.05, 0) is 42.8 Å². The second kappa shape index (κ2) is 5.07. The summed E-state index contributed by atoms with van der Waals surface area (Å²) in [5.74, 6) is 0.309. The molecular formula is C12H11BrN2O2S. The standard InChI is InChI=1S/C12H11BrN2O2S/c1-9-2-7-12(14-8-9)15-18(16,17)11-5-3-10(13)4-6-11/h2-8H,1H3,(H,14,15). The van der Waals surface area contributed by atoms with Crippen LogP contribution in [-0.2, 0) is 10.0 Å². The summed E-state index contributed by atoms with van der Waals surface area (Å²) in [6.45, 7) is 1.89. The average molecular weight is 327 g/mol. The van der Waals surface area contributed by atoms with E-state index in [1.54, 1.807) is 30.5 Å². The van der Waals surface area contributed by atoms with Gasteiger partial charge in [0.2, 0.25) is 0 Å². The number of halogens is 1. The highest BCUT2D eigenvalue weighted by Gasteiger charge is 2.14. The molecule has 0 aliphatic carbocycles. The Bertz CT molecular complexity index is 637. The van der Waals surface area contributed by atoms with Crippen LogP contribution in [0.5, 0.6) is 0 Å². The summed E-state index contributed by atoms with van der Waals surface area (Å²) < 4.78 is 27.3. The first-order valence-electron chi connectivity index (χ1n) is 5.18. The van der Waals surface area contributed by atoms with E-state index in [1.165, 1.54) is 12.1 Å². The highest BCUT2D eigenvalue weighted by atomic mass is 79.9. The number of aryl methyl sites for hydroxylation is 1. The number of benzene rings is 1. The third-order valence-electron chi connectivity index (χ3n) is 2.27. The lowest BCUT2D eigenvalue weighted by Gasteiger charge is -2.07. The van der Waals surface area contributed by atoms with Crippen molar-refractivity contribution in [3.63, 3.8) is 0 Å². The van der Waals surface area contributed by atoms with E-state index in [0.717, 1.165) is 10.0 Å². The van der Waals surface area contributed by atoms with E-state index >= 15 is 0 Å². The molecule has 6 heteroatoms. The fourth-order valence-corrected chi connectivity index (χ4v) is 2.61. The Kier molecular flexibility index (Phi) is 3.68. The molecular weight excluding hydrogens is 316 g/mol. The second-order valence-electron chi connectivity index (χ2n) is 3.78. The topological polar surface area (TPSA) is 59.1 Å². The van der Waals surface area contributed by atoms with E-state index < -0.39 is 10.0 Å². The molecule has 1 N–H and O–H groups in total. The van der Waals surface area contributed by atoms with Crippen molar-refractivity contribution in [2.75, 3.05) is 4.72 Å². The molecule has 0 saturated heterocycles. The number of nitrogens with one attached hydrogen (secondary N) is 1. The van der Waals surface area contributed by atoms with Crippen molar-refractivity contribution in [2.45, 2.75) is 11.8 Å². The average Bonchev–Trinajstić information content (AvgIpc) is 2.32. The Morgan fingerprint density at radius 2 is 1.78 bits per heavy atom. The normalized spacial score (nSPS) is 11.2. The minimum absolute atomic E-state index is 0.202. The number of sulfonamides is 1. The highest BCUT2D eigenvalue weighted by Crippen LogP contribution is 2.17. The van der Waals surface area contributed by atoms with Gasteiger partial charge in [0.1, 0.15) is 5.82 Å². The summed E-state index contributed by atoms with van der Waals surface area (Å²) in [6, 6.07) is 9.84. The number of hydrogen-bond donors (Lipinski definition) is 1. The first kappa shape index (κ1) is 13.0. The maximum atomic E-state index is 12.0. The maximum absolute atomic E-state index is 12.0. The second-order valence-corrected chi connectivity index (χ2v) is 6.38. The molecule has 1 aromatic carbocycles. The molecule has 4 nitrogen and oxygen atoms in total. The van der Waals surface area contributed by atoms with Gasteiger partial charge in [-0.15, -0.1) is 0 Å². The van der Waals surface area contributed by atoms with Gasteiger partial charge in [0.15, 0.2) is 0 Å². The van der Waals surface area contributed by atoms with E-state index in [0.29, 0.717) is 5.82 Å². The molecule has 1 heterocycles. The van der Waals surface area contributed by atoms with Crippen LogP contribution in [0.15, 0.2) is 52.0 Å². The molecule has 0 aliphatic rings. The minimum Gasteiger partial charge on any atom is -0.263 e. The summed E-state index contributed by atoms with van der Waals surface area (Å²) in [5.41, 5.74) is 0.974. The van der Waals surface area contributed by atoms with Crippen molar-refractivity contribution < 1.29 is 8.42 Å². The lowest BCUT2D eigenvalue weighted by atomic mass is 10.3. The number of pyridine rings is 1. The molecule has 0 fully saturated rings. The SMILES string of the molecule is Cc1ccc(NS(=O)(=O)c2ccc(Br)cc2)nc1.